The highest BCUT2D eigenvalue weighted by molar-refractivity contribution is 5.47. The summed E-state index contributed by atoms with van der Waals surface area (Å²) in [6.45, 7) is 3.03. The highest BCUT2D eigenvalue weighted by Crippen LogP contribution is 2.17. The van der Waals surface area contributed by atoms with E-state index in [9.17, 15) is 4.39 Å². The van der Waals surface area contributed by atoms with Gasteiger partial charge in [0.2, 0.25) is 0 Å². The second-order valence-corrected chi connectivity index (χ2v) is 4.82. The second kappa shape index (κ2) is 5.85. The van der Waals surface area contributed by atoms with Crippen molar-refractivity contribution in [3.8, 4) is 0 Å². The van der Waals surface area contributed by atoms with Crippen LogP contribution in [0.3, 0.4) is 0 Å². The number of hydrogen-bond acceptors (Lipinski definition) is 2. The molecule has 0 atom stereocenters. The predicted molar refractivity (Wildman–Crippen MR) is 77.6 cm³/mol. The van der Waals surface area contributed by atoms with Crippen LogP contribution in [0.1, 0.15) is 16.7 Å². The van der Waals surface area contributed by atoms with Gasteiger partial charge in [-0.05, 0) is 36.8 Å². The number of nitrogens with two attached hydrogens (primary N) is 1. The molecule has 0 aliphatic heterocycles. The molecular formula is C16H19FN2. The van der Waals surface area contributed by atoms with Gasteiger partial charge in [0, 0.05) is 31.4 Å². The van der Waals surface area contributed by atoms with Crippen molar-refractivity contribution in [2.45, 2.75) is 20.0 Å². The fourth-order valence-corrected chi connectivity index (χ4v) is 2.05. The Kier molecular flexibility index (Phi) is 4.17. The zero-order valence-electron chi connectivity index (χ0n) is 11.4. The van der Waals surface area contributed by atoms with Crippen molar-refractivity contribution in [2.24, 2.45) is 5.73 Å². The molecule has 0 aromatic heterocycles. The quantitative estimate of drug-likeness (QED) is 0.912. The fraction of sp³-hybridized carbons (Fsp3) is 0.250. The van der Waals surface area contributed by atoms with Crippen molar-refractivity contribution < 1.29 is 4.39 Å². The topological polar surface area (TPSA) is 29.3 Å². The zero-order chi connectivity index (χ0) is 13.8. The minimum absolute atomic E-state index is 0.230. The zero-order valence-corrected chi connectivity index (χ0v) is 11.4. The van der Waals surface area contributed by atoms with Gasteiger partial charge in [-0.15, -0.1) is 0 Å². The van der Waals surface area contributed by atoms with E-state index in [0.29, 0.717) is 5.56 Å². The summed E-state index contributed by atoms with van der Waals surface area (Å²) in [6.07, 6.45) is 0. The molecule has 0 spiro atoms. The third-order valence-electron chi connectivity index (χ3n) is 3.22. The Balaban J connectivity index is 2.14. The summed E-state index contributed by atoms with van der Waals surface area (Å²) < 4.78 is 13.4. The predicted octanol–water partition coefficient (Wildman–Crippen LogP) is 3.23. The van der Waals surface area contributed by atoms with E-state index in [4.69, 9.17) is 5.73 Å². The Bertz CT molecular complexity index is 549. The van der Waals surface area contributed by atoms with E-state index in [1.54, 1.807) is 6.07 Å². The van der Waals surface area contributed by atoms with Gasteiger partial charge in [-0.1, -0.05) is 23.8 Å². The first kappa shape index (κ1) is 13.6. The van der Waals surface area contributed by atoms with Gasteiger partial charge in [0.15, 0.2) is 0 Å². The van der Waals surface area contributed by atoms with Crippen LogP contribution in [0.4, 0.5) is 10.1 Å². The standard InChI is InChI=1S/C16H19FN2/c1-12-3-6-15(7-4-12)19(2)11-13-5-8-16(17)14(9-13)10-18/h3-9H,10-11,18H2,1-2H3. The fourth-order valence-electron chi connectivity index (χ4n) is 2.05. The van der Waals surface area contributed by atoms with Crippen LogP contribution in [0, 0.1) is 12.7 Å². The Hall–Kier alpha value is -1.87. The molecule has 19 heavy (non-hydrogen) atoms. The molecule has 0 saturated heterocycles. The first-order chi connectivity index (χ1) is 9.10. The number of rotatable bonds is 4. The lowest BCUT2D eigenvalue weighted by atomic mass is 10.1. The van der Waals surface area contributed by atoms with Crippen LogP contribution in [-0.2, 0) is 13.1 Å². The summed E-state index contributed by atoms with van der Waals surface area (Å²) in [5, 5.41) is 0. The molecule has 2 aromatic rings. The number of hydrogen-bond donors (Lipinski definition) is 1. The molecular weight excluding hydrogens is 239 g/mol. The summed E-state index contributed by atoms with van der Waals surface area (Å²) in [7, 11) is 2.02. The average molecular weight is 258 g/mol. The molecule has 0 saturated carbocycles. The van der Waals surface area contributed by atoms with E-state index in [1.165, 1.54) is 11.6 Å². The lowest BCUT2D eigenvalue weighted by molar-refractivity contribution is 0.609. The van der Waals surface area contributed by atoms with E-state index in [2.05, 4.69) is 36.1 Å². The van der Waals surface area contributed by atoms with Crippen molar-refractivity contribution in [2.75, 3.05) is 11.9 Å². The van der Waals surface area contributed by atoms with Crippen molar-refractivity contribution in [3.05, 3.63) is 65.0 Å². The summed E-state index contributed by atoms with van der Waals surface area (Å²) >= 11 is 0. The molecule has 2 N–H and O–H groups in total. The molecule has 0 radical (unpaired) electrons. The highest BCUT2D eigenvalue weighted by Gasteiger charge is 2.05. The number of benzene rings is 2. The summed E-state index contributed by atoms with van der Waals surface area (Å²) in [5.41, 5.74) is 9.53. The molecule has 0 aliphatic carbocycles. The minimum atomic E-state index is -0.232. The van der Waals surface area contributed by atoms with Crippen LogP contribution >= 0.6 is 0 Å². The maximum atomic E-state index is 13.4. The van der Waals surface area contributed by atoms with Gasteiger partial charge < -0.3 is 10.6 Å². The van der Waals surface area contributed by atoms with Crippen molar-refractivity contribution >= 4 is 5.69 Å². The van der Waals surface area contributed by atoms with Gasteiger partial charge in [-0.25, -0.2) is 4.39 Å². The van der Waals surface area contributed by atoms with Crippen LogP contribution in [0.2, 0.25) is 0 Å². The van der Waals surface area contributed by atoms with Crippen LogP contribution in [0.15, 0.2) is 42.5 Å². The normalized spacial score (nSPS) is 10.5. The molecule has 0 bridgehead atoms. The van der Waals surface area contributed by atoms with Gasteiger partial charge in [-0.2, -0.15) is 0 Å². The molecule has 2 rings (SSSR count). The SMILES string of the molecule is Cc1ccc(N(C)Cc2ccc(F)c(CN)c2)cc1. The Morgan fingerprint density at radius 3 is 2.42 bits per heavy atom. The van der Waals surface area contributed by atoms with Gasteiger partial charge in [0.05, 0.1) is 0 Å². The average Bonchev–Trinajstić information content (AvgIpc) is 2.41. The van der Waals surface area contributed by atoms with Crippen LogP contribution in [-0.4, -0.2) is 7.05 Å². The molecule has 2 aromatic carbocycles. The highest BCUT2D eigenvalue weighted by atomic mass is 19.1. The molecule has 3 heteroatoms. The second-order valence-electron chi connectivity index (χ2n) is 4.82. The lowest BCUT2D eigenvalue weighted by Gasteiger charge is -2.20. The molecule has 0 fully saturated rings. The summed E-state index contributed by atoms with van der Waals surface area (Å²) in [5.74, 6) is -0.232. The van der Waals surface area contributed by atoms with Crippen LogP contribution in [0.5, 0.6) is 0 Å². The van der Waals surface area contributed by atoms with E-state index in [-0.39, 0.29) is 12.4 Å². The molecule has 0 amide bonds. The van der Waals surface area contributed by atoms with Crippen LogP contribution in [0.25, 0.3) is 0 Å². The number of anilines is 1. The van der Waals surface area contributed by atoms with E-state index in [0.717, 1.165) is 17.8 Å². The van der Waals surface area contributed by atoms with Crippen molar-refractivity contribution in [3.63, 3.8) is 0 Å². The third kappa shape index (κ3) is 3.32. The Morgan fingerprint density at radius 1 is 1.11 bits per heavy atom. The minimum Gasteiger partial charge on any atom is -0.370 e. The first-order valence-electron chi connectivity index (χ1n) is 6.35. The summed E-state index contributed by atoms with van der Waals surface area (Å²) in [4.78, 5) is 2.13. The van der Waals surface area contributed by atoms with Gasteiger partial charge in [-0.3, -0.25) is 0 Å². The number of nitrogens with zero attached hydrogens (tertiary/aromatic N) is 1. The molecule has 2 nitrogen and oxygen atoms in total. The van der Waals surface area contributed by atoms with E-state index >= 15 is 0 Å². The Morgan fingerprint density at radius 2 is 1.79 bits per heavy atom. The first-order valence-corrected chi connectivity index (χ1v) is 6.35. The maximum Gasteiger partial charge on any atom is 0.127 e. The molecule has 0 unspecified atom stereocenters. The van der Waals surface area contributed by atoms with Crippen LogP contribution < -0.4 is 10.6 Å². The van der Waals surface area contributed by atoms with Gasteiger partial charge in [0.25, 0.3) is 0 Å². The summed E-state index contributed by atoms with van der Waals surface area (Å²) in [6, 6.07) is 13.5. The molecule has 0 aliphatic rings. The third-order valence-corrected chi connectivity index (χ3v) is 3.22. The van der Waals surface area contributed by atoms with E-state index < -0.39 is 0 Å². The maximum absolute atomic E-state index is 13.4. The largest absolute Gasteiger partial charge is 0.370 e. The number of aryl methyl sites for hydroxylation is 1. The Labute approximate surface area is 113 Å². The molecule has 100 valence electrons. The number of halogens is 1. The van der Waals surface area contributed by atoms with Crippen molar-refractivity contribution in [1.82, 2.24) is 0 Å². The monoisotopic (exact) mass is 258 g/mol. The molecule has 0 heterocycles. The van der Waals surface area contributed by atoms with Gasteiger partial charge in [0.1, 0.15) is 5.82 Å². The lowest BCUT2D eigenvalue weighted by Crippen LogP contribution is -2.16. The van der Waals surface area contributed by atoms with Crippen molar-refractivity contribution in [1.29, 1.82) is 0 Å². The van der Waals surface area contributed by atoms with E-state index in [1.807, 2.05) is 13.1 Å². The smallest absolute Gasteiger partial charge is 0.127 e. The van der Waals surface area contributed by atoms with Gasteiger partial charge >= 0.3 is 0 Å².